The van der Waals surface area contributed by atoms with Gasteiger partial charge < -0.3 is 9.47 Å². The van der Waals surface area contributed by atoms with E-state index in [2.05, 4.69) is 50.8 Å². The third-order valence-electron chi connectivity index (χ3n) is 5.68. The predicted octanol–water partition coefficient (Wildman–Crippen LogP) is 3.20. The van der Waals surface area contributed by atoms with Crippen molar-refractivity contribution in [3.8, 4) is 23.1 Å². The van der Waals surface area contributed by atoms with E-state index in [0.717, 1.165) is 35.2 Å². The maximum absolute atomic E-state index is 9.67. The Bertz CT molecular complexity index is 1280. The van der Waals surface area contributed by atoms with E-state index >= 15 is 0 Å². The number of benzene rings is 2. The van der Waals surface area contributed by atoms with Crippen molar-refractivity contribution in [2.75, 3.05) is 13.2 Å². The van der Waals surface area contributed by atoms with Gasteiger partial charge in [-0.2, -0.15) is 5.26 Å². The van der Waals surface area contributed by atoms with Gasteiger partial charge in [-0.15, -0.1) is 5.10 Å². The van der Waals surface area contributed by atoms with Crippen LogP contribution in [-0.4, -0.2) is 49.5 Å². The minimum Gasteiger partial charge on any atom is -0.489 e. The van der Waals surface area contributed by atoms with E-state index in [0.29, 0.717) is 43.3 Å². The van der Waals surface area contributed by atoms with Crippen LogP contribution in [0, 0.1) is 11.3 Å². The highest BCUT2D eigenvalue weighted by atomic mass is 16.5. The lowest BCUT2D eigenvalue weighted by molar-refractivity contribution is 0.0254. The summed E-state index contributed by atoms with van der Waals surface area (Å²) in [5.74, 6) is 1.32. The normalized spacial score (nSPS) is 14.0. The number of nitrogens with zero attached hydrogens (tertiary/aromatic N) is 7. The van der Waals surface area contributed by atoms with E-state index in [1.165, 1.54) is 0 Å². The summed E-state index contributed by atoms with van der Waals surface area (Å²) in [5, 5.41) is 20.9. The summed E-state index contributed by atoms with van der Waals surface area (Å²) in [4.78, 5) is 9.17. The molecule has 4 aromatic rings. The first-order valence-electron chi connectivity index (χ1n) is 11.2. The first-order valence-corrected chi connectivity index (χ1v) is 11.2. The van der Waals surface area contributed by atoms with Gasteiger partial charge in [0, 0.05) is 31.0 Å². The van der Waals surface area contributed by atoms with Gasteiger partial charge in [-0.1, -0.05) is 24.3 Å². The Morgan fingerprint density at radius 2 is 1.88 bits per heavy atom. The van der Waals surface area contributed by atoms with Crippen molar-refractivity contribution in [1.29, 1.82) is 5.26 Å². The average Bonchev–Trinajstić information content (AvgIpc) is 3.39. The summed E-state index contributed by atoms with van der Waals surface area (Å²) in [6, 6.07) is 18.0. The highest BCUT2D eigenvalue weighted by Gasteiger charge is 2.17. The third-order valence-corrected chi connectivity index (χ3v) is 5.68. The van der Waals surface area contributed by atoms with Crippen LogP contribution in [0.3, 0.4) is 0 Å². The van der Waals surface area contributed by atoms with Gasteiger partial charge in [-0.25, -0.2) is 14.6 Å². The van der Waals surface area contributed by atoms with Gasteiger partial charge in [0.1, 0.15) is 30.1 Å². The first-order chi connectivity index (χ1) is 16.8. The van der Waals surface area contributed by atoms with Crippen molar-refractivity contribution in [1.82, 2.24) is 30.2 Å². The second-order valence-electron chi connectivity index (χ2n) is 8.11. The molecule has 5 rings (SSSR count). The lowest BCUT2D eigenvalue weighted by atomic mass is 10.1. The Labute approximate surface area is 197 Å². The summed E-state index contributed by atoms with van der Waals surface area (Å²) in [6.07, 6.45) is 5.70. The maximum atomic E-state index is 9.67. The molecule has 0 saturated carbocycles. The van der Waals surface area contributed by atoms with E-state index in [9.17, 15) is 5.26 Å². The molecule has 0 atom stereocenters. The van der Waals surface area contributed by atoms with Crippen LogP contribution in [0.15, 0.2) is 61.1 Å². The standard InChI is InChI=1S/C25H23N7O2/c26-15-21-14-20(5-6-24(21)34-22-8-11-33-12-9-22)23-7-10-27-25(29-23)13-18-1-3-19(4-2-18)16-32-17-28-30-31-32/h1-7,10,14,17,22H,8-9,11-13,16H2. The number of hydrogen-bond acceptors (Lipinski definition) is 8. The van der Waals surface area contributed by atoms with Gasteiger partial charge in [-0.05, 0) is 45.8 Å². The van der Waals surface area contributed by atoms with Crippen molar-refractivity contribution in [2.45, 2.75) is 31.9 Å². The quantitative estimate of drug-likeness (QED) is 0.419. The molecule has 170 valence electrons. The van der Waals surface area contributed by atoms with E-state index < -0.39 is 0 Å². The largest absolute Gasteiger partial charge is 0.489 e. The summed E-state index contributed by atoms with van der Waals surface area (Å²) < 4.78 is 13.1. The highest BCUT2D eigenvalue weighted by molar-refractivity contribution is 5.64. The summed E-state index contributed by atoms with van der Waals surface area (Å²) >= 11 is 0. The van der Waals surface area contributed by atoms with Gasteiger partial charge in [0.15, 0.2) is 0 Å². The fourth-order valence-corrected chi connectivity index (χ4v) is 3.88. The van der Waals surface area contributed by atoms with Gasteiger partial charge in [0.05, 0.1) is 31.0 Å². The molecule has 0 unspecified atom stereocenters. The first kappa shape index (κ1) is 21.7. The second kappa shape index (κ2) is 10.2. The third kappa shape index (κ3) is 5.24. The molecule has 34 heavy (non-hydrogen) atoms. The molecule has 0 radical (unpaired) electrons. The Balaban J connectivity index is 1.29. The summed E-state index contributed by atoms with van der Waals surface area (Å²) in [5.41, 5.74) is 4.35. The number of tetrazole rings is 1. The van der Waals surface area contributed by atoms with E-state index in [1.54, 1.807) is 17.2 Å². The van der Waals surface area contributed by atoms with Crippen molar-refractivity contribution in [3.05, 3.63) is 83.6 Å². The lowest BCUT2D eigenvalue weighted by Gasteiger charge is -2.23. The number of aromatic nitrogens is 6. The zero-order valence-electron chi connectivity index (χ0n) is 18.5. The van der Waals surface area contributed by atoms with Crippen LogP contribution < -0.4 is 4.74 Å². The van der Waals surface area contributed by atoms with Gasteiger partial charge >= 0.3 is 0 Å². The van der Waals surface area contributed by atoms with Crippen LogP contribution in [0.4, 0.5) is 0 Å². The van der Waals surface area contributed by atoms with E-state index in [4.69, 9.17) is 14.5 Å². The Morgan fingerprint density at radius 1 is 1.06 bits per heavy atom. The van der Waals surface area contributed by atoms with Crippen LogP contribution in [0.5, 0.6) is 5.75 Å². The Morgan fingerprint density at radius 3 is 2.65 bits per heavy atom. The number of nitriles is 1. The molecule has 1 fully saturated rings. The molecule has 9 nitrogen and oxygen atoms in total. The lowest BCUT2D eigenvalue weighted by Crippen LogP contribution is -2.26. The van der Waals surface area contributed by atoms with Crippen molar-refractivity contribution in [2.24, 2.45) is 0 Å². The molecule has 0 amide bonds. The molecular formula is C25H23N7O2. The molecule has 2 aromatic heterocycles. The fourth-order valence-electron chi connectivity index (χ4n) is 3.88. The van der Waals surface area contributed by atoms with E-state index in [-0.39, 0.29) is 6.10 Å². The predicted molar refractivity (Wildman–Crippen MR) is 123 cm³/mol. The van der Waals surface area contributed by atoms with Crippen LogP contribution >= 0.6 is 0 Å². The zero-order chi connectivity index (χ0) is 23.2. The number of rotatable bonds is 7. The molecule has 1 aliphatic heterocycles. The van der Waals surface area contributed by atoms with Crippen LogP contribution in [0.2, 0.25) is 0 Å². The summed E-state index contributed by atoms with van der Waals surface area (Å²) in [7, 11) is 0. The SMILES string of the molecule is N#Cc1cc(-c2ccnc(Cc3ccc(Cn4cnnn4)cc3)n2)ccc1OC1CCOCC1. The number of hydrogen-bond donors (Lipinski definition) is 0. The van der Waals surface area contributed by atoms with Crippen LogP contribution in [-0.2, 0) is 17.7 Å². The molecule has 3 heterocycles. The molecule has 9 heteroatoms. The summed E-state index contributed by atoms with van der Waals surface area (Å²) in [6.45, 7) is 2.00. The number of ether oxygens (including phenoxy) is 2. The van der Waals surface area contributed by atoms with Gasteiger partial charge in [0.2, 0.25) is 0 Å². The van der Waals surface area contributed by atoms with Crippen LogP contribution in [0.25, 0.3) is 11.3 Å². The fraction of sp³-hybridized carbons (Fsp3) is 0.280. The molecule has 1 aliphatic rings. The molecule has 0 N–H and O–H groups in total. The van der Waals surface area contributed by atoms with Crippen molar-refractivity contribution in [3.63, 3.8) is 0 Å². The van der Waals surface area contributed by atoms with Crippen LogP contribution in [0.1, 0.15) is 35.4 Å². The minimum atomic E-state index is 0.0802. The minimum absolute atomic E-state index is 0.0802. The molecule has 2 aromatic carbocycles. The topological polar surface area (TPSA) is 112 Å². The smallest absolute Gasteiger partial charge is 0.138 e. The van der Waals surface area contributed by atoms with E-state index in [1.807, 2.05) is 24.3 Å². The molecule has 0 aliphatic carbocycles. The van der Waals surface area contributed by atoms with Gasteiger partial charge in [0.25, 0.3) is 0 Å². The molecular weight excluding hydrogens is 430 g/mol. The average molecular weight is 454 g/mol. The molecule has 1 saturated heterocycles. The Kier molecular flexibility index (Phi) is 6.49. The molecule has 0 spiro atoms. The van der Waals surface area contributed by atoms with Crippen molar-refractivity contribution >= 4 is 0 Å². The van der Waals surface area contributed by atoms with Gasteiger partial charge in [-0.3, -0.25) is 0 Å². The van der Waals surface area contributed by atoms with Crippen molar-refractivity contribution < 1.29 is 9.47 Å². The Hall–Kier alpha value is -4.16. The highest BCUT2D eigenvalue weighted by Crippen LogP contribution is 2.27. The zero-order valence-corrected chi connectivity index (χ0v) is 18.5. The maximum Gasteiger partial charge on any atom is 0.138 e. The monoisotopic (exact) mass is 453 g/mol. The molecule has 0 bridgehead atoms. The second-order valence-corrected chi connectivity index (χ2v) is 8.11.